The molecular formula is C51H30O8. The van der Waals surface area contributed by atoms with Crippen LogP contribution in [0.25, 0.3) is 110 Å². The summed E-state index contributed by atoms with van der Waals surface area (Å²) in [6.07, 6.45) is 0. The molecule has 8 heteroatoms. The molecule has 59 heavy (non-hydrogen) atoms. The van der Waals surface area contributed by atoms with Gasteiger partial charge in [-0.1, -0.05) is 109 Å². The molecule has 0 saturated heterocycles. The molecular weight excluding hydrogens is 741 g/mol. The molecule has 12 aromatic rings. The van der Waals surface area contributed by atoms with Crippen LogP contribution in [0.1, 0.15) is 20.7 Å². The zero-order valence-corrected chi connectivity index (χ0v) is 31.3. The standard InChI is InChI=1S/C26H16O4.C25H14O4/c1-28-26(27)20-14-13-18-16-8-3-5-12-22(16)30-25(18)23(20)19-10-6-9-17-15-7-2-4-11-21(15)29-24(17)19;26-25(27)19-13-12-17-15-7-2-4-11-21(15)29-24(17)22(19)18-9-5-8-16-14-6-1-3-10-20(14)28-23(16)18/h2-14H,1H3;1-13H,(H,26,27). The molecule has 0 aliphatic heterocycles. The molecule has 0 aliphatic rings. The summed E-state index contributed by atoms with van der Waals surface area (Å²) >= 11 is 0. The van der Waals surface area contributed by atoms with Gasteiger partial charge in [-0.3, -0.25) is 0 Å². The molecule has 4 heterocycles. The fraction of sp³-hybridized carbons (Fsp3) is 0.0196. The fourth-order valence-corrected chi connectivity index (χ4v) is 8.46. The van der Waals surface area contributed by atoms with Crippen LogP contribution < -0.4 is 0 Å². The highest BCUT2D eigenvalue weighted by atomic mass is 16.5. The van der Waals surface area contributed by atoms with E-state index in [1.54, 1.807) is 12.1 Å². The Labute approximate surface area is 334 Å². The zero-order valence-electron chi connectivity index (χ0n) is 31.3. The summed E-state index contributed by atoms with van der Waals surface area (Å²) in [5.74, 6) is -1.42. The van der Waals surface area contributed by atoms with Crippen molar-refractivity contribution in [2.24, 2.45) is 0 Å². The summed E-state index contributed by atoms with van der Waals surface area (Å²) in [6, 6.07) is 50.2. The summed E-state index contributed by atoms with van der Waals surface area (Å²) in [5, 5.41) is 17.7. The second-order valence-electron chi connectivity index (χ2n) is 14.3. The number of carbonyl (C=O) groups excluding carboxylic acids is 1. The highest BCUT2D eigenvalue weighted by molar-refractivity contribution is 6.20. The first kappa shape index (κ1) is 34.2. The van der Waals surface area contributed by atoms with Gasteiger partial charge in [0.2, 0.25) is 0 Å². The number of ether oxygens (including phenoxy) is 1. The lowest BCUT2D eigenvalue weighted by Gasteiger charge is -2.09. The SMILES string of the molecule is COC(=O)c1ccc2c(oc3ccccc32)c1-c1cccc2c1oc1ccccc12.O=C(O)c1ccc2c(oc3ccccc32)c1-c1cccc2c1oc1ccccc12. The van der Waals surface area contributed by atoms with Crippen molar-refractivity contribution in [1.29, 1.82) is 0 Å². The van der Waals surface area contributed by atoms with E-state index in [1.807, 2.05) is 146 Å². The van der Waals surface area contributed by atoms with Gasteiger partial charge >= 0.3 is 11.9 Å². The van der Waals surface area contributed by atoms with Crippen molar-refractivity contribution >= 4 is 99.7 Å². The quantitative estimate of drug-likeness (QED) is 0.176. The maximum absolute atomic E-state index is 12.7. The second-order valence-corrected chi connectivity index (χ2v) is 14.3. The van der Waals surface area contributed by atoms with Gasteiger partial charge in [0, 0.05) is 65.3 Å². The number of furan rings is 4. The van der Waals surface area contributed by atoms with Crippen molar-refractivity contribution < 1.29 is 37.1 Å². The van der Waals surface area contributed by atoms with Crippen LogP contribution in [0, 0.1) is 0 Å². The third-order valence-corrected chi connectivity index (χ3v) is 11.1. The van der Waals surface area contributed by atoms with Crippen LogP contribution in [-0.4, -0.2) is 24.2 Å². The molecule has 282 valence electrons. The van der Waals surface area contributed by atoms with E-state index < -0.39 is 11.9 Å². The van der Waals surface area contributed by atoms with E-state index in [-0.39, 0.29) is 5.56 Å². The van der Waals surface area contributed by atoms with E-state index in [0.29, 0.717) is 39.0 Å². The van der Waals surface area contributed by atoms with Crippen LogP contribution in [0.2, 0.25) is 0 Å². The number of hydrogen-bond donors (Lipinski definition) is 1. The predicted octanol–water partition coefficient (Wildman–Crippen LogP) is 13.8. The number of methoxy groups -OCH3 is 1. The molecule has 8 aromatic carbocycles. The molecule has 0 radical (unpaired) electrons. The Morgan fingerprint density at radius 1 is 0.390 bits per heavy atom. The van der Waals surface area contributed by atoms with Crippen LogP contribution in [-0.2, 0) is 4.74 Å². The Kier molecular flexibility index (Phi) is 7.67. The van der Waals surface area contributed by atoms with Gasteiger partial charge in [-0.05, 0) is 48.5 Å². The van der Waals surface area contributed by atoms with Crippen LogP contribution in [0.15, 0.2) is 175 Å². The van der Waals surface area contributed by atoms with Gasteiger partial charge in [0.15, 0.2) is 0 Å². The number of aromatic carboxylic acids is 1. The first-order chi connectivity index (χ1) is 29.0. The van der Waals surface area contributed by atoms with Gasteiger partial charge in [0.05, 0.1) is 18.2 Å². The first-order valence-electron chi connectivity index (χ1n) is 19.0. The van der Waals surface area contributed by atoms with Gasteiger partial charge in [0.1, 0.15) is 44.7 Å². The van der Waals surface area contributed by atoms with Gasteiger partial charge in [-0.15, -0.1) is 0 Å². The van der Waals surface area contributed by atoms with Crippen molar-refractivity contribution in [3.05, 3.63) is 169 Å². The zero-order chi connectivity index (χ0) is 39.8. The molecule has 4 aromatic heterocycles. The summed E-state index contributed by atoms with van der Waals surface area (Å²) in [7, 11) is 1.39. The van der Waals surface area contributed by atoms with Crippen molar-refractivity contribution in [2.45, 2.75) is 0 Å². The average Bonchev–Trinajstić information content (AvgIpc) is 4.05. The fourth-order valence-electron chi connectivity index (χ4n) is 8.46. The van der Waals surface area contributed by atoms with Gasteiger partial charge in [-0.25, -0.2) is 9.59 Å². The monoisotopic (exact) mass is 770 g/mol. The minimum Gasteiger partial charge on any atom is -0.478 e. The molecule has 12 rings (SSSR count). The third kappa shape index (κ3) is 5.23. The molecule has 0 fully saturated rings. The lowest BCUT2D eigenvalue weighted by molar-refractivity contribution is 0.0600. The molecule has 1 N–H and O–H groups in total. The van der Waals surface area contributed by atoms with Gasteiger partial charge < -0.3 is 27.5 Å². The molecule has 0 aliphatic carbocycles. The van der Waals surface area contributed by atoms with Crippen molar-refractivity contribution in [2.75, 3.05) is 7.11 Å². The van der Waals surface area contributed by atoms with E-state index >= 15 is 0 Å². The smallest absolute Gasteiger partial charge is 0.338 e. The number of esters is 1. The summed E-state index contributed by atoms with van der Waals surface area (Å²) < 4.78 is 29.9. The maximum atomic E-state index is 12.7. The molecule has 0 bridgehead atoms. The first-order valence-corrected chi connectivity index (χ1v) is 19.0. The third-order valence-electron chi connectivity index (χ3n) is 11.1. The minimum atomic E-state index is -1.00. The maximum Gasteiger partial charge on any atom is 0.338 e. The van der Waals surface area contributed by atoms with E-state index in [9.17, 15) is 14.7 Å². The molecule has 0 unspecified atom stereocenters. The number of carboxylic acid groups (broad SMARTS) is 1. The topological polar surface area (TPSA) is 116 Å². The normalized spacial score (nSPS) is 11.7. The number of carbonyl (C=O) groups is 2. The average molecular weight is 771 g/mol. The Bertz CT molecular complexity index is 3670. The molecule has 0 spiro atoms. The Morgan fingerprint density at radius 2 is 0.729 bits per heavy atom. The number of hydrogen-bond acceptors (Lipinski definition) is 7. The van der Waals surface area contributed by atoms with E-state index in [2.05, 4.69) is 0 Å². The molecule has 0 atom stereocenters. The van der Waals surface area contributed by atoms with E-state index in [1.165, 1.54) is 7.11 Å². The Balaban J connectivity index is 0.000000135. The number of para-hydroxylation sites is 6. The molecule has 0 saturated carbocycles. The highest BCUT2D eigenvalue weighted by Crippen LogP contribution is 2.44. The van der Waals surface area contributed by atoms with Gasteiger partial charge in [-0.2, -0.15) is 0 Å². The largest absolute Gasteiger partial charge is 0.478 e. The predicted molar refractivity (Wildman–Crippen MR) is 231 cm³/mol. The van der Waals surface area contributed by atoms with Crippen molar-refractivity contribution in [3.8, 4) is 22.3 Å². The number of benzene rings is 8. The van der Waals surface area contributed by atoms with E-state index in [4.69, 9.17) is 22.4 Å². The van der Waals surface area contributed by atoms with Crippen molar-refractivity contribution in [1.82, 2.24) is 0 Å². The Morgan fingerprint density at radius 3 is 1.14 bits per heavy atom. The van der Waals surface area contributed by atoms with E-state index in [0.717, 1.165) is 76.6 Å². The second kappa shape index (κ2) is 13.2. The summed E-state index contributed by atoms with van der Waals surface area (Å²) in [5.41, 5.74) is 9.00. The van der Waals surface area contributed by atoms with Crippen LogP contribution in [0.5, 0.6) is 0 Å². The number of rotatable bonds is 4. The highest BCUT2D eigenvalue weighted by Gasteiger charge is 2.25. The lowest BCUT2D eigenvalue weighted by Crippen LogP contribution is -2.03. The number of fused-ring (bicyclic) bond motifs is 12. The summed E-state index contributed by atoms with van der Waals surface area (Å²) in [4.78, 5) is 24.8. The van der Waals surface area contributed by atoms with Gasteiger partial charge in [0.25, 0.3) is 0 Å². The molecule has 0 amide bonds. The minimum absolute atomic E-state index is 0.185. The molecule has 8 nitrogen and oxygen atoms in total. The number of carboxylic acids is 1. The lowest BCUT2D eigenvalue weighted by atomic mass is 9.95. The van der Waals surface area contributed by atoms with Crippen molar-refractivity contribution in [3.63, 3.8) is 0 Å². The summed E-state index contributed by atoms with van der Waals surface area (Å²) in [6.45, 7) is 0. The van der Waals surface area contributed by atoms with Crippen LogP contribution in [0.3, 0.4) is 0 Å². The van der Waals surface area contributed by atoms with Crippen LogP contribution in [0.4, 0.5) is 0 Å². The van der Waals surface area contributed by atoms with Crippen LogP contribution >= 0.6 is 0 Å². The Hall–Kier alpha value is -8.10.